The van der Waals surface area contributed by atoms with Crippen LogP contribution >= 0.6 is 0 Å². The summed E-state index contributed by atoms with van der Waals surface area (Å²) in [6.45, 7) is 8.25. The lowest BCUT2D eigenvalue weighted by molar-refractivity contribution is 0.0924. The standard InChI is InChI=1S/C15H23NO/c1-15(2,3)13-6-4-11(5-7-13)14-12(10-16)8-9-17-14/h4-7,12,14H,8-10,16H2,1-3H3. The normalized spacial score (nSPS) is 25.2. The molecule has 1 saturated heterocycles. The van der Waals surface area contributed by atoms with Crippen LogP contribution in [0.4, 0.5) is 0 Å². The van der Waals surface area contributed by atoms with Crippen LogP contribution in [-0.4, -0.2) is 13.2 Å². The molecule has 0 bridgehead atoms. The van der Waals surface area contributed by atoms with Gasteiger partial charge >= 0.3 is 0 Å². The fraction of sp³-hybridized carbons (Fsp3) is 0.600. The van der Waals surface area contributed by atoms with Gasteiger partial charge in [-0.3, -0.25) is 0 Å². The number of rotatable bonds is 2. The molecule has 94 valence electrons. The van der Waals surface area contributed by atoms with Crippen LogP contribution in [0.3, 0.4) is 0 Å². The van der Waals surface area contributed by atoms with Crippen molar-refractivity contribution in [3.8, 4) is 0 Å². The maximum Gasteiger partial charge on any atom is 0.0865 e. The zero-order chi connectivity index (χ0) is 12.5. The summed E-state index contributed by atoms with van der Waals surface area (Å²) in [6, 6.07) is 8.81. The Morgan fingerprint density at radius 2 is 1.88 bits per heavy atom. The average molecular weight is 233 g/mol. The van der Waals surface area contributed by atoms with Gasteiger partial charge in [-0.25, -0.2) is 0 Å². The van der Waals surface area contributed by atoms with Crippen LogP contribution in [0.1, 0.15) is 44.4 Å². The molecule has 2 N–H and O–H groups in total. The fourth-order valence-corrected chi connectivity index (χ4v) is 2.42. The zero-order valence-electron chi connectivity index (χ0n) is 11.1. The van der Waals surface area contributed by atoms with Crippen LogP contribution in [0.25, 0.3) is 0 Å². The largest absolute Gasteiger partial charge is 0.373 e. The number of nitrogens with two attached hydrogens (primary N) is 1. The predicted molar refractivity (Wildman–Crippen MR) is 71.0 cm³/mol. The van der Waals surface area contributed by atoms with E-state index in [1.807, 2.05) is 0 Å². The molecule has 2 heteroatoms. The molecule has 1 aromatic rings. The second-order valence-corrected chi connectivity index (χ2v) is 5.95. The Morgan fingerprint density at radius 3 is 2.41 bits per heavy atom. The molecule has 0 radical (unpaired) electrons. The summed E-state index contributed by atoms with van der Waals surface area (Å²) in [5.74, 6) is 0.482. The molecule has 2 unspecified atom stereocenters. The van der Waals surface area contributed by atoms with Gasteiger partial charge in [0.25, 0.3) is 0 Å². The van der Waals surface area contributed by atoms with E-state index < -0.39 is 0 Å². The fourth-order valence-electron chi connectivity index (χ4n) is 2.42. The van der Waals surface area contributed by atoms with E-state index in [9.17, 15) is 0 Å². The molecule has 2 atom stereocenters. The lowest BCUT2D eigenvalue weighted by Gasteiger charge is -2.21. The lowest BCUT2D eigenvalue weighted by Crippen LogP contribution is -2.18. The first-order valence-electron chi connectivity index (χ1n) is 6.44. The van der Waals surface area contributed by atoms with Gasteiger partial charge in [0.05, 0.1) is 6.10 Å². The monoisotopic (exact) mass is 233 g/mol. The molecule has 0 spiro atoms. The summed E-state index contributed by atoms with van der Waals surface area (Å²) in [5.41, 5.74) is 8.63. The predicted octanol–water partition coefficient (Wildman–Crippen LogP) is 3.02. The van der Waals surface area contributed by atoms with Crippen LogP contribution in [0, 0.1) is 5.92 Å². The minimum atomic E-state index is 0.203. The smallest absolute Gasteiger partial charge is 0.0865 e. The zero-order valence-corrected chi connectivity index (χ0v) is 11.1. The SMILES string of the molecule is CC(C)(C)c1ccc(C2OCCC2CN)cc1. The van der Waals surface area contributed by atoms with Gasteiger partial charge < -0.3 is 10.5 Å². The number of ether oxygens (including phenoxy) is 1. The summed E-state index contributed by atoms with van der Waals surface area (Å²) in [5, 5.41) is 0. The third kappa shape index (κ3) is 2.70. The van der Waals surface area contributed by atoms with Crippen LogP contribution in [0.5, 0.6) is 0 Å². The molecular formula is C15H23NO. The Kier molecular flexibility index (Phi) is 3.55. The topological polar surface area (TPSA) is 35.2 Å². The minimum absolute atomic E-state index is 0.203. The third-order valence-electron chi connectivity index (χ3n) is 3.62. The summed E-state index contributed by atoms with van der Waals surface area (Å²) < 4.78 is 5.79. The van der Waals surface area contributed by atoms with Gasteiger partial charge in [0, 0.05) is 12.5 Å². The van der Waals surface area contributed by atoms with Crippen molar-refractivity contribution in [1.82, 2.24) is 0 Å². The third-order valence-corrected chi connectivity index (χ3v) is 3.62. The van der Waals surface area contributed by atoms with Crippen molar-refractivity contribution in [2.45, 2.75) is 38.7 Å². The Hall–Kier alpha value is -0.860. The average Bonchev–Trinajstić information content (AvgIpc) is 2.76. The second-order valence-electron chi connectivity index (χ2n) is 5.95. The highest BCUT2D eigenvalue weighted by Crippen LogP contribution is 2.34. The highest BCUT2D eigenvalue weighted by Gasteiger charge is 2.28. The molecule has 0 saturated carbocycles. The van der Waals surface area contributed by atoms with Crippen LogP contribution in [-0.2, 0) is 10.2 Å². The maximum absolute atomic E-state index is 5.79. The van der Waals surface area contributed by atoms with Crippen molar-refractivity contribution in [2.24, 2.45) is 11.7 Å². The van der Waals surface area contributed by atoms with E-state index in [2.05, 4.69) is 45.0 Å². The van der Waals surface area contributed by atoms with E-state index in [0.717, 1.165) is 13.0 Å². The van der Waals surface area contributed by atoms with E-state index in [-0.39, 0.29) is 11.5 Å². The number of benzene rings is 1. The van der Waals surface area contributed by atoms with Crippen molar-refractivity contribution >= 4 is 0 Å². The van der Waals surface area contributed by atoms with E-state index in [1.165, 1.54) is 11.1 Å². The van der Waals surface area contributed by atoms with Gasteiger partial charge in [-0.2, -0.15) is 0 Å². The first-order chi connectivity index (χ1) is 8.02. The van der Waals surface area contributed by atoms with Crippen molar-refractivity contribution in [2.75, 3.05) is 13.2 Å². The molecule has 1 aromatic carbocycles. The summed E-state index contributed by atoms with van der Waals surface area (Å²) in [6.07, 6.45) is 1.29. The van der Waals surface area contributed by atoms with Gasteiger partial charge in [-0.05, 0) is 29.5 Å². The molecule has 1 aliphatic rings. The van der Waals surface area contributed by atoms with Gasteiger partial charge in [0.1, 0.15) is 0 Å². The second kappa shape index (κ2) is 4.79. The first kappa shape index (κ1) is 12.6. The van der Waals surface area contributed by atoms with Crippen LogP contribution in [0.2, 0.25) is 0 Å². The van der Waals surface area contributed by atoms with E-state index in [4.69, 9.17) is 10.5 Å². The molecule has 17 heavy (non-hydrogen) atoms. The summed E-state index contributed by atoms with van der Waals surface area (Å²) in [7, 11) is 0. The molecule has 2 nitrogen and oxygen atoms in total. The molecule has 1 aliphatic heterocycles. The maximum atomic E-state index is 5.79. The Bertz CT molecular complexity index is 364. The minimum Gasteiger partial charge on any atom is -0.373 e. The van der Waals surface area contributed by atoms with Gasteiger partial charge in [0.2, 0.25) is 0 Å². The van der Waals surface area contributed by atoms with Gasteiger partial charge in [-0.1, -0.05) is 45.0 Å². The molecule has 1 heterocycles. The van der Waals surface area contributed by atoms with E-state index in [0.29, 0.717) is 12.5 Å². The quantitative estimate of drug-likeness (QED) is 0.852. The van der Waals surface area contributed by atoms with E-state index in [1.54, 1.807) is 0 Å². The summed E-state index contributed by atoms with van der Waals surface area (Å²) in [4.78, 5) is 0. The highest BCUT2D eigenvalue weighted by atomic mass is 16.5. The van der Waals surface area contributed by atoms with Crippen molar-refractivity contribution in [1.29, 1.82) is 0 Å². The van der Waals surface area contributed by atoms with Crippen LogP contribution in [0.15, 0.2) is 24.3 Å². The molecule has 0 aliphatic carbocycles. The lowest BCUT2D eigenvalue weighted by atomic mass is 9.85. The molecule has 0 aromatic heterocycles. The van der Waals surface area contributed by atoms with Crippen LogP contribution < -0.4 is 5.73 Å². The summed E-state index contributed by atoms with van der Waals surface area (Å²) >= 11 is 0. The number of hydrogen-bond donors (Lipinski definition) is 1. The van der Waals surface area contributed by atoms with Crippen molar-refractivity contribution in [3.05, 3.63) is 35.4 Å². The Morgan fingerprint density at radius 1 is 1.24 bits per heavy atom. The van der Waals surface area contributed by atoms with Gasteiger partial charge in [0.15, 0.2) is 0 Å². The number of hydrogen-bond acceptors (Lipinski definition) is 2. The van der Waals surface area contributed by atoms with Crippen molar-refractivity contribution < 1.29 is 4.74 Å². The molecule has 1 fully saturated rings. The molecule has 2 rings (SSSR count). The first-order valence-corrected chi connectivity index (χ1v) is 6.44. The van der Waals surface area contributed by atoms with Crippen molar-refractivity contribution in [3.63, 3.8) is 0 Å². The Labute approximate surface area is 104 Å². The van der Waals surface area contributed by atoms with Gasteiger partial charge in [-0.15, -0.1) is 0 Å². The molecule has 0 amide bonds. The Balaban J connectivity index is 2.18. The van der Waals surface area contributed by atoms with E-state index >= 15 is 0 Å². The highest BCUT2D eigenvalue weighted by molar-refractivity contribution is 5.29. The molecular weight excluding hydrogens is 210 g/mol.